The summed E-state index contributed by atoms with van der Waals surface area (Å²) >= 11 is 0. The number of fused-ring (bicyclic) bond motifs is 2. The van der Waals surface area contributed by atoms with Crippen LogP contribution in [0.15, 0.2) is 115 Å². The zero-order valence-corrected chi connectivity index (χ0v) is 30.5. The van der Waals surface area contributed by atoms with E-state index in [0.717, 1.165) is 11.3 Å². The zero-order valence-electron chi connectivity index (χ0n) is 30.5. The number of hydrogen-bond donors (Lipinski definition) is 1. The van der Waals surface area contributed by atoms with Gasteiger partial charge in [0.1, 0.15) is 0 Å². The minimum atomic E-state index is -0.0380. The molecule has 49 heavy (non-hydrogen) atoms. The van der Waals surface area contributed by atoms with E-state index < -0.39 is 0 Å². The van der Waals surface area contributed by atoms with Crippen molar-refractivity contribution in [2.75, 3.05) is 5.32 Å². The van der Waals surface area contributed by atoms with Crippen molar-refractivity contribution in [1.29, 1.82) is 0 Å². The van der Waals surface area contributed by atoms with E-state index >= 15 is 0 Å². The average molecular weight is 639 g/mol. The van der Waals surface area contributed by atoms with E-state index in [9.17, 15) is 0 Å². The van der Waals surface area contributed by atoms with Crippen LogP contribution in [-0.2, 0) is 10.8 Å². The topological polar surface area (TPSA) is 24.9 Å². The number of aromatic nitrogens is 1. The Morgan fingerprint density at radius 3 is 1.76 bits per heavy atom. The molecule has 244 valence electrons. The molecule has 0 spiro atoms. The molecule has 1 aromatic heterocycles. The van der Waals surface area contributed by atoms with Crippen molar-refractivity contribution in [3.05, 3.63) is 143 Å². The van der Waals surface area contributed by atoms with Crippen molar-refractivity contribution in [2.24, 2.45) is 0 Å². The fourth-order valence-electron chi connectivity index (χ4n) is 7.60. The third-order valence-electron chi connectivity index (χ3n) is 10.2. The molecule has 0 saturated heterocycles. The van der Waals surface area contributed by atoms with Gasteiger partial charge in [0.15, 0.2) is 0 Å². The van der Waals surface area contributed by atoms with Crippen molar-refractivity contribution in [3.8, 4) is 33.5 Å². The van der Waals surface area contributed by atoms with E-state index in [-0.39, 0.29) is 17.5 Å². The number of nitrogens with zero attached hydrogens (tertiary/aromatic N) is 1. The monoisotopic (exact) mass is 638 g/mol. The lowest BCUT2D eigenvalue weighted by molar-refractivity contribution is 0.589. The quantitative estimate of drug-likeness (QED) is 0.194. The van der Waals surface area contributed by atoms with E-state index in [4.69, 9.17) is 4.98 Å². The van der Waals surface area contributed by atoms with Gasteiger partial charge in [0.2, 0.25) is 6.71 Å². The molecule has 1 aliphatic heterocycles. The minimum Gasteiger partial charge on any atom is -0.356 e. The first-order chi connectivity index (χ1) is 23.3. The zero-order chi connectivity index (χ0) is 34.7. The van der Waals surface area contributed by atoms with Gasteiger partial charge in [0.05, 0.1) is 5.69 Å². The molecule has 0 amide bonds. The summed E-state index contributed by atoms with van der Waals surface area (Å²) in [5.74, 6) is 0. The lowest BCUT2D eigenvalue weighted by Crippen LogP contribution is -2.57. The van der Waals surface area contributed by atoms with Gasteiger partial charge in [0.25, 0.3) is 0 Å². The normalized spacial score (nSPS) is 12.7. The summed E-state index contributed by atoms with van der Waals surface area (Å²) in [6, 6.07) is 40.7. The van der Waals surface area contributed by atoms with Gasteiger partial charge >= 0.3 is 0 Å². The minimum absolute atomic E-state index is 0.0128. The number of anilines is 2. The second-order valence-electron chi connectivity index (χ2n) is 16.0. The Morgan fingerprint density at radius 2 is 1.12 bits per heavy atom. The van der Waals surface area contributed by atoms with Crippen molar-refractivity contribution in [2.45, 2.75) is 73.1 Å². The highest BCUT2D eigenvalue weighted by Crippen LogP contribution is 2.40. The molecule has 1 N–H and O–H groups in total. The van der Waals surface area contributed by atoms with Crippen molar-refractivity contribution >= 4 is 34.5 Å². The van der Waals surface area contributed by atoms with Gasteiger partial charge in [-0.05, 0) is 107 Å². The van der Waals surface area contributed by atoms with Gasteiger partial charge in [0, 0.05) is 28.7 Å². The third kappa shape index (κ3) is 6.24. The molecule has 7 rings (SSSR count). The maximum absolute atomic E-state index is 4.74. The highest BCUT2D eigenvalue weighted by Gasteiger charge is 2.34. The average Bonchev–Trinajstić information content (AvgIpc) is 3.06. The van der Waals surface area contributed by atoms with E-state index in [2.05, 4.69) is 171 Å². The maximum Gasteiger partial charge on any atom is 0.247 e. The van der Waals surface area contributed by atoms with Crippen LogP contribution in [0, 0.1) is 20.8 Å². The van der Waals surface area contributed by atoms with E-state index in [1.807, 2.05) is 12.3 Å². The summed E-state index contributed by atoms with van der Waals surface area (Å²) in [6.07, 6.45) is 1.88. The molecule has 0 unspecified atom stereocenters. The largest absolute Gasteiger partial charge is 0.356 e. The summed E-state index contributed by atoms with van der Waals surface area (Å²) in [6.45, 7) is 20.7. The molecular formula is C46H47BN2. The predicted molar refractivity (Wildman–Crippen MR) is 213 cm³/mol. The first kappa shape index (κ1) is 32.7. The Hall–Kier alpha value is -4.89. The number of para-hydroxylation sites is 2. The standard InChI is InChI=1S/C46H47BN2/c1-29-21-30(2)43(31(3)22-29)47-39-16-10-11-19-42(39)49-44-38(15-14-17-40(44)47)34-23-32(25-36(27-34)45(4,5)6)33-24-35(41-18-12-13-20-48-41)28-37(26-33)46(7,8)9/h10-28,49H,1-9H3. The van der Waals surface area contributed by atoms with Crippen molar-refractivity contribution < 1.29 is 0 Å². The number of hydrogen-bond acceptors (Lipinski definition) is 2. The number of benzene rings is 5. The summed E-state index contributed by atoms with van der Waals surface area (Å²) in [7, 11) is 0. The smallest absolute Gasteiger partial charge is 0.247 e. The fraction of sp³-hybridized carbons (Fsp3) is 0.239. The maximum atomic E-state index is 4.74. The molecule has 2 heterocycles. The van der Waals surface area contributed by atoms with Crippen molar-refractivity contribution in [3.63, 3.8) is 0 Å². The van der Waals surface area contributed by atoms with Crippen LogP contribution >= 0.6 is 0 Å². The fourth-order valence-corrected chi connectivity index (χ4v) is 7.60. The summed E-state index contributed by atoms with van der Waals surface area (Å²) in [5, 5.41) is 3.93. The molecule has 3 heteroatoms. The Bertz CT molecular complexity index is 2180. The Balaban J connectivity index is 1.46. The Morgan fingerprint density at radius 1 is 0.551 bits per heavy atom. The third-order valence-corrected chi connectivity index (χ3v) is 10.2. The number of pyridine rings is 1. The molecule has 5 aromatic carbocycles. The Labute approximate surface area is 293 Å². The molecule has 0 atom stereocenters. The van der Waals surface area contributed by atoms with Gasteiger partial charge in [-0.3, -0.25) is 4.98 Å². The van der Waals surface area contributed by atoms with Crippen LogP contribution in [0.3, 0.4) is 0 Å². The van der Waals surface area contributed by atoms with E-state index in [0.29, 0.717) is 0 Å². The van der Waals surface area contributed by atoms with Crippen LogP contribution in [0.5, 0.6) is 0 Å². The van der Waals surface area contributed by atoms with Crippen molar-refractivity contribution in [1.82, 2.24) is 4.98 Å². The second kappa shape index (κ2) is 12.2. The second-order valence-corrected chi connectivity index (χ2v) is 16.0. The number of aryl methyl sites for hydroxylation is 3. The summed E-state index contributed by atoms with van der Waals surface area (Å²) in [5.41, 5.74) is 20.0. The highest BCUT2D eigenvalue weighted by atomic mass is 14.9. The van der Waals surface area contributed by atoms with Crippen LogP contribution < -0.4 is 21.7 Å². The van der Waals surface area contributed by atoms with E-state index in [1.165, 1.54) is 77.8 Å². The predicted octanol–water partition coefficient (Wildman–Crippen LogP) is 10.2. The van der Waals surface area contributed by atoms with Crippen LogP contribution in [-0.4, -0.2) is 11.7 Å². The first-order valence-electron chi connectivity index (χ1n) is 17.6. The lowest BCUT2D eigenvalue weighted by atomic mass is 9.34. The first-order valence-corrected chi connectivity index (χ1v) is 17.6. The molecule has 0 fully saturated rings. The highest BCUT2D eigenvalue weighted by molar-refractivity contribution is 6.98. The molecule has 1 aliphatic rings. The van der Waals surface area contributed by atoms with Gasteiger partial charge in [-0.2, -0.15) is 0 Å². The number of rotatable bonds is 4. The lowest BCUT2D eigenvalue weighted by Gasteiger charge is -2.32. The molecule has 0 saturated carbocycles. The van der Waals surface area contributed by atoms with Crippen LogP contribution in [0.4, 0.5) is 11.4 Å². The molecule has 6 aromatic rings. The van der Waals surface area contributed by atoms with Gasteiger partial charge in [-0.1, -0.05) is 136 Å². The summed E-state index contributed by atoms with van der Waals surface area (Å²) < 4.78 is 0. The molecular weight excluding hydrogens is 591 g/mol. The van der Waals surface area contributed by atoms with Crippen LogP contribution in [0.25, 0.3) is 33.5 Å². The van der Waals surface area contributed by atoms with E-state index in [1.54, 1.807) is 0 Å². The molecule has 0 radical (unpaired) electrons. The van der Waals surface area contributed by atoms with Gasteiger partial charge < -0.3 is 5.32 Å². The molecule has 0 aliphatic carbocycles. The Kier molecular flexibility index (Phi) is 8.14. The van der Waals surface area contributed by atoms with Gasteiger partial charge in [-0.25, -0.2) is 0 Å². The van der Waals surface area contributed by atoms with Gasteiger partial charge in [-0.15, -0.1) is 0 Å². The summed E-state index contributed by atoms with van der Waals surface area (Å²) in [4.78, 5) is 4.74. The van der Waals surface area contributed by atoms with Crippen LogP contribution in [0.2, 0.25) is 0 Å². The SMILES string of the molecule is Cc1cc(C)c(B2c3ccccc3Nc3c2cccc3-c2cc(-c3cc(-c4ccccn4)cc(C(C)(C)C)c3)cc(C(C)(C)C)c2)c(C)c1. The number of nitrogens with one attached hydrogen (secondary N) is 1. The molecule has 2 nitrogen and oxygen atoms in total. The molecule has 0 bridgehead atoms. The van der Waals surface area contributed by atoms with Crippen LogP contribution in [0.1, 0.15) is 69.4 Å².